The number of hydrogen-bond donors (Lipinski definition) is 1. The number of hydrogen-bond acceptors (Lipinski definition) is 5. The summed E-state index contributed by atoms with van der Waals surface area (Å²) in [7, 11) is 1.38. The van der Waals surface area contributed by atoms with E-state index < -0.39 is 0 Å². The van der Waals surface area contributed by atoms with Crippen LogP contribution in [0.15, 0.2) is 12.4 Å². The number of methoxy groups -OCH3 is 1. The van der Waals surface area contributed by atoms with Gasteiger partial charge in [-0.2, -0.15) is 0 Å². The van der Waals surface area contributed by atoms with Gasteiger partial charge < -0.3 is 10.1 Å². The third-order valence-corrected chi connectivity index (χ3v) is 3.09. The van der Waals surface area contributed by atoms with Gasteiger partial charge in [-0.05, 0) is 24.3 Å². The number of nitrogens with one attached hydrogen (secondary N) is 1. The Morgan fingerprint density at radius 1 is 1.47 bits per heavy atom. The lowest BCUT2D eigenvalue weighted by Gasteiger charge is -2.24. The van der Waals surface area contributed by atoms with Gasteiger partial charge >= 0.3 is 5.97 Å². The molecule has 0 bridgehead atoms. The second-order valence-corrected chi connectivity index (χ2v) is 4.22. The molecule has 0 saturated heterocycles. The van der Waals surface area contributed by atoms with Crippen molar-refractivity contribution in [2.75, 3.05) is 19.0 Å². The highest BCUT2D eigenvalue weighted by atomic mass is 16.5. The molecule has 92 valence electrons. The van der Waals surface area contributed by atoms with Crippen LogP contribution >= 0.6 is 0 Å². The first-order chi connectivity index (χ1) is 8.29. The normalized spacial score (nSPS) is 15.1. The lowest BCUT2D eigenvalue weighted by Crippen LogP contribution is -2.13. The Bertz CT molecular complexity index is 374. The third kappa shape index (κ3) is 3.15. The lowest BCUT2D eigenvalue weighted by atomic mass is 9.81. The number of ether oxygens (including phenoxy) is 1. The Kier molecular flexibility index (Phi) is 3.90. The van der Waals surface area contributed by atoms with Gasteiger partial charge in [-0.3, -0.25) is 4.79 Å². The largest absolute Gasteiger partial charge is 0.469 e. The van der Waals surface area contributed by atoms with Crippen LogP contribution in [0, 0.1) is 0 Å². The highest BCUT2D eigenvalue weighted by Crippen LogP contribution is 2.35. The fourth-order valence-corrected chi connectivity index (χ4v) is 1.76. The Morgan fingerprint density at radius 3 is 2.71 bits per heavy atom. The Hall–Kier alpha value is -1.65. The van der Waals surface area contributed by atoms with E-state index in [9.17, 15) is 4.79 Å². The number of aromatic nitrogens is 2. The molecule has 1 aromatic rings. The molecule has 0 radical (unpaired) electrons. The van der Waals surface area contributed by atoms with Crippen LogP contribution in [0.5, 0.6) is 0 Å². The van der Waals surface area contributed by atoms with Crippen LogP contribution in [-0.2, 0) is 9.53 Å². The minimum Gasteiger partial charge on any atom is -0.469 e. The van der Waals surface area contributed by atoms with Crippen molar-refractivity contribution >= 4 is 11.9 Å². The van der Waals surface area contributed by atoms with Crippen LogP contribution in [0.1, 0.15) is 37.2 Å². The SMILES string of the molecule is COC(=O)CCNc1ncc(C2CCC2)cn1. The summed E-state index contributed by atoms with van der Waals surface area (Å²) >= 11 is 0. The maximum atomic E-state index is 10.9. The zero-order valence-corrected chi connectivity index (χ0v) is 9.98. The monoisotopic (exact) mass is 235 g/mol. The first kappa shape index (κ1) is 11.8. The van der Waals surface area contributed by atoms with Gasteiger partial charge in [0.25, 0.3) is 0 Å². The van der Waals surface area contributed by atoms with Crippen LogP contribution in [0.4, 0.5) is 5.95 Å². The highest BCUT2D eigenvalue weighted by molar-refractivity contribution is 5.69. The molecule has 0 amide bonds. The van der Waals surface area contributed by atoms with E-state index in [-0.39, 0.29) is 5.97 Å². The number of carbonyl (C=O) groups excluding carboxylic acids is 1. The lowest BCUT2D eigenvalue weighted by molar-refractivity contribution is -0.140. The Balaban J connectivity index is 1.79. The molecule has 1 aliphatic carbocycles. The van der Waals surface area contributed by atoms with Gasteiger partial charge in [-0.15, -0.1) is 0 Å². The molecule has 1 N–H and O–H groups in total. The summed E-state index contributed by atoms with van der Waals surface area (Å²) in [5, 5.41) is 2.99. The van der Waals surface area contributed by atoms with E-state index >= 15 is 0 Å². The van der Waals surface area contributed by atoms with Crippen molar-refractivity contribution < 1.29 is 9.53 Å². The molecule has 5 nitrogen and oxygen atoms in total. The van der Waals surface area contributed by atoms with Gasteiger partial charge in [0.1, 0.15) is 0 Å². The molecule has 17 heavy (non-hydrogen) atoms. The van der Waals surface area contributed by atoms with E-state index in [4.69, 9.17) is 0 Å². The fourth-order valence-electron chi connectivity index (χ4n) is 1.76. The summed E-state index contributed by atoms with van der Waals surface area (Å²) in [6.45, 7) is 0.495. The first-order valence-electron chi connectivity index (χ1n) is 5.92. The van der Waals surface area contributed by atoms with Gasteiger partial charge in [0, 0.05) is 18.9 Å². The fraction of sp³-hybridized carbons (Fsp3) is 0.583. The molecule has 1 fully saturated rings. The minimum absolute atomic E-state index is 0.233. The minimum atomic E-state index is -0.233. The molecule has 0 unspecified atom stereocenters. The number of esters is 1. The quantitative estimate of drug-likeness (QED) is 0.787. The zero-order chi connectivity index (χ0) is 12.1. The van der Waals surface area contributed by atoms with Crippen LogP contribution in [0.2, 0.25) is 0 Å². The molecule has 5 heteroatoms. The summed E-state index contributed by atoms with van der Waals surface area (Å²) in [5.74, 6) is 0.986. The van der Waals surface area contributed by atoms with Gasteiger partial charge in [-0.1, -0.05) is 6.42 Å². The zero-order valence-electron chi connectivity index (χ0n) is 9.98. The van der Waals surface area contributed by atoms with Crippen molar-refractivity contribution in [1.29, 1.82) is 0 Å². The number of rotatable bonds is 5. The number of anilines is 1. The van der Waals surface area contributed by atoms with Crippen LogP contribution < -0.4 is 5.32 Å². The van der Waals surface area contributed by atoms with E-state index in [2.05, 4.69) is 20.0 Å². The van der Waals surface area contributed by atoms with Gasteiger partial charge in [0.05, 0.1) is 13.5 Å². The molecule has 2 rings (SSSR count). The van der Waals surface area contributed by atoms with E-state index in [1.807, 2.05) is 12.4 Å². The first-order valence-corrected chi connectivity index (χ1v) is 5.92. The molecule has 1 saturated carbocycles. The Labute approximate surface area is 101 Å². The summed E-state index contributed by atoms with van der Waals surface area (Å²) in [5.41, 5.74) is 1.22. The smallest absolute Gasteiger partial charge is 0.307 e. The molecular formula is C12H17N3O2. The topological polar surface area (TPSA) is 64.1 Å². The standard InChI is InChI=1S/C12H17N3O2/c1-17-11(16)5-6-13-12-14-7-10(8-15-12)9-3-2-4-9/h7-9H,2-6H2,1H3,(H,13,14,15). The van der Waals surface area contributed by atoms with Gasteiger partial charge in [0.2, 0.25) is 5.95 Å². The third-order valence-electron chi connectivity index (χ3n) is 3.09. The van der Waals surface area contributed by atoms with Crippen molar-refractivity contribution in [3.63, 3.8) is 0 Å². The Morgan fingerprint density at radius 2 is 2.18 bits per heavy atom. The number of nitrogens with zero attached hydrogens (tertiary/aromatic N) is 2. The van der Waals surface area contributed by atoms with Gasteiger partial charge in [0.15, 0.2) is 0 Å². The maximum absolute atomic E-state index is 10.9. The summed E-state index contributed by atoms with van der Waals surface area (Å²) in [6, 6.07) is 0. The summed E-state index contributed by atoms with van der Waals surface area (Å²) in [4.78, 5) is 19.3. The van der Waals surface area contributed by atoms with Crippen LogP contribution in [0.3, 0.4) is 0 Å². The van der Waals surface area contributed by atoms with Gasteiger partial charge in [-0.25, -0.2) is 9.97 Å². The predicted molar refractivity (Wildman–Crippen MR) is 63.7 cm³/mol. The van der Waals surface area contributed by atoms with Crippen LogP contribution in [-0.4, -0.2) is 29.6 Å². The molecule has 0 aromatic carbocycles. The predicted octanol–water partition coefficient (Wildman–Crippen LogP) is 1.72. The van der Waals surface area contributed by atoms with Crippen molar-refractivity contribution in [3.8, 4) is 0 Å². The average Bonchev–Trinajstić information content (AvgIpc) is 2.29. The number of carbonyl (C=O) groups is 1. The van der Waals surface area contributed by atoms with Crippen molar-refractivity contribution in [2.45, 2.75) is 31.6 Å². The molecular weight excluding hydrogens is 218 g/mol. The van der Waals surface area contributed by atoms with Crippen LogP contribution in [0.25, 0.3) is 0 Å². The molecule has 0 atom stereocenters. The van der Waals surface area contributed by atoms with Crippen molar-refractivity contribution in [3.05, 3.63) is 18.0 Å². The molecule has 1 aromatic heterocycles. The second kappa shape index (κ2) is 5.61. The highest BCUT2D eigenvalue weighted by Gasteiger charge is 2.19. The van der Waals surface area contributed by atoms with Crippen molar-refractivity contribution in [1.82, 2.24) is 9.97 Å². The molecule has 1 heterocycles. The second-order valence-electron chi connectivity index (χ2n) is 4.22. The molecule has 0 aliphatic heterocycles. The van der Waals surface area contributed by atoms with Crippen molar-refractivity contribution in [2.24, 2.45) is 0 Å². The van der Waals surface area contributed by atoms with E-state index in [1.54, 1.807) is 0 Å². The van der Waals surface area contributed by atoms with E-state index in [0.29, 0.717) is 24.8 Å². The average molecular weight is 235 g/mol. The molecule has 1 aliphatic rings. The van der Waals surface area contributed by atoms with E-state index in [0.717, 1.165) is 0 Å². The summed E-state index contributed by atoms with van der Waals surface area (Å²) in [6.07, 6.45) is 7.87. The van der Waals surface area contributed by atoms with E-state index in [1.165, 1.54) is 31.9 Å². The molecule has 0 spiro atoms. The maximum Gasteiger partial charge on any atom is 0.307 e. The summed E-state index contributed by atoms with van der Waals surface area (Å²) < 4.78 is 4.54.